The van der Waals surface area contributed by atoms with Crippen LogP contribution in [0.5, 0.6) is 0 Å². The molecule has 122 valence electrons. The molecule has 0 aromatic heterocycles. The molecular weight excluding hydrogens is 292 g/mol. The fraction of sp³-hybridized carbons (Fsp3) is 0.182. The molecule has 0 saturated heterocycles. The Hall–Kier alpha value is -2.74. The predicted octanol–water partition coefficient (Wildman–Crippen LogP) is 5.97. The highest BCUT2D eigenvalue weighted by Gasteiger charge is 2.17. The Morgan fingerprint density at radius 3 is 1.54 bits per heavy atom. The van der Waals surface area contributed by atoms with Gasteiger partial charge in [0.25, 0.3) is 0 Å². The molecule has 3 aromatic carbocycles. The van der Waals surface area contributed by atoms with Crippen molar-refractivity contribution in [1.82, 2.24) is 0 Å². The number of aryl methyl sites for hydroxylation is 2. The van der Waals surface area contributed by atoms with E-state index in [1.54, 1.807) is 0 Å². The van der Waals surface area contributed by atoms with Gasteiger partial charge in [-0.05, 0) is 86.3 Å². The summed E-state index contributed by atoms with van der Waals surface area (Å²) in [6.07, 6.45) is 0. The van der Waals surface area contributed by atoms with Gasteiger partial charge in [-0.25, -0.2) is 0 Å². The van der Waals surface area contributed by atoms with Gasteiger partial charge < -0.3 is 10.6 Å². The number of rotatable bonds is 3. The first kappa shape index (κ1) is 16.1. The number of hydrogen-bond donors (Lipinski definition) is 1. The summed E-state index contributed by atoms with van der Waals surface area (Å²) >= 11 is 0. The molecule has 0 aliphatic rings. The van der Waals surface area contributed by atoms with Gasteiger partial charge in [-0.2, -0.15) is 0 Å². The highest BCUT2D eigenvalue weighted by atomic mass is 15.1. The number of nitrogens with zero attached hydrogens (tertiary/aromatic N) is 1. The summed E-state index contributed by atoms with van der Waals surface area (Å²) in [5.41, 5.74) is 15.3. The highest BCUT2D eigenvalue weighted by molar-refractivity contribution is 5.81. The topological polar surface area (TPSA) is 29.3 Å². The zero-order valence-electron chi connectivity index (χ0n) is 14.8. The van der Waals surface area contributed by atoms with Gasteiger partial charge in [-0.15, -0.1) is 0 Å². The Kier molecular flexibility index (Phi) is 4.30. The molecule has 0 aliphatic carbocycles. The lowest BCUT2D eigenvalue weighted by Crippen LogP contribution is -2.13. The lowest BCUT2D eigenvalue weighted by Gasteiger charge is -2.29. The number of nitrogen functional groups attached to an aromatic ring is 1. The number of nitrogens with two attached hydrogens (primary N) is 1. The van der Waals surface area contributed by atoms with E-state index in [2.05, 4.69) is 81.1 Å². The van der Waals surface area contributed by atoms with E-state index < -0.39 is 0 Å². The molecule has 0 heterocycles. The quantitative estimate of drug-likeness (QED) is 0.603. The highest BCUT2D eigenvalue weighted by Crippen LogP contribution is 2.39. The van der Waals surface area contributed by atoms with Crippen molar-refractivity contribution < 1.29 is 0 Å². The second kappa shape index (κ2) is 6.40. The maximum Gasteiger partial charge on any atom is 0.0493 e. The third-order valence-corrected chi connectivity index (χ3v) is 4.79. The van der Waals surface area contributed by atoms with Gasteiger partial charge in [-0.3, -0.25) is 0 Å². The molecular formula is C22H24N2. The summed E-state index contributed by atoms with van der Waals surface area (Å²) in [5.74, 6) is 0. The summed E-state index contributed by atoms with van der Waals surface area (Å²) in [5, 5.41) is 0. The van der Waals surface area contributed by atoms with Crippen molar-refractivity contribution in [3.8, 4) is 0 Å². The van der Waals surface area contributed by atoms with Gasteiger partial charge in [0.1, 0.15) is 0 Å². The second-order valence-electron chi connectivity index (χ2n) is 6.37. The number of benzene rings is 3. The summed E-state index contributed by atoms with van der Waals surface area (Å²) in [6.45, 7) is 8.67. The molecule has 3 rings (SSSR count). The predicted molar refractivity (Wildman–Crippen MR) is 104 cm³/mol. The van der Waals surface area contributed by atoms with Crippen LogP contribution in [0, 0.1) is 27.7 Å². The zero-order valence-corrected chi connectivity index (χ0v) is 14.8. The van der Waals surface area contributed by atoms with Crippen LogP contribution < -0.4 is 10.6 Å². The normalized spacial score (nSPS) is 10.7. The van der Waals surface area contributed by atoms with E-state index in [4.69, 9.17) is 5.73 Å². The van der Waals surface area contributed by atoms with E-state index in [-0.39, 0.29) is 0 Å². The maximum atomic E-state index is 5.89. The summed E-state index contributed by atoms with van der Waals surface area (Å²) < 4.78 is 0. The molecule has 0 spiro atoms. The molecule has 0 radical (unpaired) electrons. The van der Waals surface area contributed by atoms with Crippen molar-refractivity contribution in [2.24, 2.45) is 0 Å². The summed E-state index contributed by atoms with van der Waals surface area (Å²) in [7, 11) is 0. The Morgan fingerprint density at radius 1 is 0.625 bits per heavy atom. The van der Waals surface area contributed by atoms with Crippen LogP contribution in [0.4, 0.5) is 22.7 Å². The standard InChI is InChI=1S/C22H24N2/c1-15-7-5-9-21(17(15)3)24(20-13-11-19(23)12-14-20)22-10-6-8-16(2)18(22)4/h5-14H,23H2,1-4H3. The first-order valence-corrected chi connectivity index (χ1v) is 8.27. The minimum Gasteiger partial charge on any atom is -0.399 e. The van der Waals surface area contributed by atoms with Crippen molar-refractivity contribution in [2.45, 2.75) is 27.7 Å². The van der Waals surface area contributed by atoms with E-state index in [9.17, 15) is 0 Å². The van der Waals surface area contributed by atoms with Crippen LogP contribution in [0.25, 0.3) is 0 Å². The summed E-state index contributed by atoms with van der Waals surface area (Å²) in [6, 6.07) is 21.0. The molecule has 0 amide bonds. The minimum atomic E-state index is 0.778. The van der Waals surface area contributed by atoms with Crippen molar-refractivity contribution in [3.05, 3.63) is 82.9 Å². The smallest absolute Gasteiger partial charge is 0.0493 e. The fourth-order valence-corrected chi connectivity index (χ4v) is 2.99. The number of anilines is 4. The van der Waals surface area contributed by atoms with Crippen LogP contribution in [-0.4, -0.2) is 0 Å². The molecule has 0 unspecified atom stereocenters. The minimum absolute atomic E-state index is 0.778. The average molecular weight is 316 g/mol. The van der Waals surface area contributed by atoms with Crippen LogP contribution in [0.3, 0.4) is 0 Å². The van der Waals surface area contributed by atoms with Crippen LogP contribution in [0.1, 0.15) is 22.3 Å². The molecule has 24 heavy (non-hydrogen) atoms. The molecule has 2 N–H and O–H groups in total. The molecule has 0 atom stereocenters. The maximum absolute atomic E-state index is 5.89. The van der Waals surface area contributed by atoms with E-state index in [1.807, 2.05) is 12.1 Å². The second-order valence-corrected chi connectivity index (χ2v) is 6.37. The SMILES string of the molecule is Cc1cccc(N(c2ccc(N)cc2)c2cccc(C)c2C)c1C. The Morgan fingerprint density at radius 2 is 1.08 bits per heavy atom. The van der Waals surface area contributed by atoms with Crippen LogP contribution in [0.15, 0.2) is 60.7 Å². The Labute approximate surface area is 144 Å². The van der Waals surface area contributed by atoms with Crippen molar-refractivity contribution in [1.29, 1.82) is 0 Å². The van der Waals surface area contributed by atoms with Gasteiger partial charge in [0.05, 0.1) is 0 Å². The fourth-order valence-electron chi connectivity index (χ4n) is 2.99. The first-order valence-electron chi connectivity index (χ1n) is 8.27. The Bertz CT molecular complexity index is 812. The molecule has 2 heteroatoms. The van der Waals surface area contributed by atoms with Gasteiger partial charge in [-0.1, -0.05) is 24.3 Å². The largest absolute Gasteiger partial charge is 0.399 e. The molecule has 0 saturated carbocycles. The van der Waals surface area contributed by atoms with Crippen LogP contribution >= 0.6 is 0 Å². The van der Waals surface area contributed by atoms with Gasteiger partial charge >= 0.3 is 0 Å². The first-order chi connectivity index (χ1) is 11.5. The molecule has 0 aliphatic heterocycles. The van der Waals surface area contributed by atoms with Crippen molar-refractivity contribution in [3.63, 3.8) is 0 Å². The van der Waals surface area contributed by atoms with E-state index in [1.165, 1.54) is 33.6 Å². The van der Waals surface area contributed by atoms with Crippen LogP contribution in [-0.2, 0) is 0 Å². The third kappa shape index (κ3) is 2.88. The van der Waals surface area contributed by atoms with Gasteiger partial charge in [0.2, 0.25) is 0 Å². The average Bonchev–Trinajstić information content (AvgIpc) is 2.57. The van der Waals surface area contributed by atoms with E-state index >= 15 is 0 Å². The monoisotopic (exact) mass is 316 g/mol. The van der Waals surface area contributed by atoms with Crippen LogP contribution in [0.2, 0.25) is 0 Å². The van der Waals surface area contributed by atoms with E-state index in [0.29, 0.717) is 0 Å². The number of hydrogen-bond acceptors (Lipinski definition) is 2. The molecule has 3 aromatic rings. The lowest BCUT2D eigenvalue weighted by molar-refractivity contribution is 1.19. The van der Waals surface area contributed by atoms with Gasteiger partial charge in [0, 0.05) is 22.7 Å². The molecule has 0 bridgehead atoms. The third-order valence-electron chi connectivity index (χ3n) is 4.79. The Balaban J connectivity index is 2.27. The zero-order chi connectivity index (χ0) is 17.3. The summed E-state index contributed by atoms with van der Waals surface area (Å²) in [4.78, 5) is 2.32. The van der Waals surface area contributed by atoms with Crippen molar-refractivity contribution >= 4 is 22.7 Å². The molecule has 2 nitrogen and oxygen atoms in total. The van der Waals surface area contributed by atoms with Crippen molar-refractivity contribution in [2.75, 3.05) is 10.6 Å². The van der Waals surface area contributed by atoms with Gasteiger partial charge in [0.15, 0.2) is 0 Å². The lowest BCUT2D eigenvalue weighted by atomic mass is 10.0. The molecule has 0 fully saturated rings. The van der Waals surface area contributed by atoms with E-state index in [0.717, 1.165) is 11.4 Å².